The van der Waals surface area contributed by atoms with E-state index in [4.69, 9.17) is 4.98 Å². The lowest BCUT2D eigenvalue weighted by atomic mass is 9.94. The maximum atomic E-state index is 12.3. The van der Waals surface area contributed by atoms with Gasteiger partial charge in [0.25, 0.3) is 5.56 Å². The van der Waals surface area contributed by atoms with Crippen LogP contribution < -0.4 is 10.9 Å². The zero-order valence-corrected chi connectivity index (χ0v) is 13.2. The van der Waals surface area contributed by atoms with Crippen LogP contribution in [-0.4, -0.2) is 16.5 Å². The van der Waals surface area contributed by atoms with Crippen LogP contribution >= 0.6 is 15.9 Å². The molecule has 0 saturated heterocycles. The van der Waals surface area contributed by atoms with Gasteiger partial charge in [-0.15, -0.1) is 0 Å². The van der Waals surface area contributed by atoms with Gasteiger partial charge in [0.05, 0.1) is 16.7 Å². The molecule has 2 aliphatic rings. The fraction of sp³-hybridized carbons (Fsp3) is 0.375. The highest BCUT2D eigenvalue weighted by Crippen LogP contribution is 2.52. The van der Waals surface area contributed by atoms with Crippen molar-refractivity contribution in [2.45, 2.75) is 31.2 Å². The van der Waals surface area contributed by atoms with E-state index in [2.05, 4.69) is 38.4 Å². The summed E-state index contributed by atoms with van der Waals surface area (Å²) in [6.45, 7) is 1.52. The number of rotatable bonds is 2. The maximum absolute atomic E-state index is 12.3. The van der Waals surface area contributed by atoms with Crippen LogP contribution in [0.3, 0.4) is 0 Å². The molecule has 1 aromatic heterocycles. The first-order chi connectivity index (χ1) is 10.2. The van der Waals surface area contributed by atoms with Gasteiger partial charge in [0.1, 0.15) is 5.82 Å². The number of halogens is 1. The van der Waals surface area contributed by atoms with Crippen LogP contribution in [0.25, 0.3) is 0 Å². The first-order valence-electron chi connectivity index (χ1n) is 7.28. The predicted molar refractivity (Wildman–Crippen MR) is 84.4 cm³/mol. The summed E-state index contributed by atoms with van der Waals surface area (Å²) in [4.78, 5) is 20.2. The summed E-state index contributed by atoms with van der Waals surface area (Å²) in [6.07, 6.45) is 2.92. The van der Waals surface area contributed by atoms with Crippen LogP contribution in [0.4, 0.5) is 0 Å². The predicted octanol–water partition coefficient (Wildman–Crippen LogP) is 2.26. The largest absolute Gasteiger partial charge is 0.312 e. The number of nitrogens with one attached hydrogen (secondary N) is 2. The summed E-state index contributed by atoms with van der Waals surface area (Å²) in [5.41, 5.74) is 2.92. The summed E-state index contributed by atoms with van der Waals surface area (Å²) in [6, 6.07) is 8.32. The van der Waals surface area contributed by atoms with Crippen molar-refractivity contribution < 1.29 is 0 Å². The van der Waals surface area contributed by atoms with Gasteiger partial charge in [0, 0.05) is 24.0 Å². The molecule has 0 radical (unpaired) electrons. The van der Waals surface area contributed by atoms with Crippen molar-refractivity contribution in [1.82, 2.24) is 15.3 Å². The maximum Gasteiger partial charge on any atom is 0.255 e. The molecule has 4 nitrogen and oxygen atoms in total. The fourth-order valence-electron chi connectivity index (χ4n) is 3.15. The molecule has 1 aromatic carbocycles. The number of benzene rings is 1. The number of H-pyrrole nitrogens is 1. The average Bonchev–Trinajstić information content (AvgIpc) is 3.29. The number of fused-ring (bicyclic) bond motifs is 1. The van der Waals surface area contributed by atoms with Gasteiger partial charge < -0.3 is 10.3 Å². The van der Waals surface area contributed by atoms with Crippen LogP contribution in [0, 0.1) is 0 Å². The van der Waals surface area contributed by atoms with E-state index in [0.717, 1.165) is 47.4 Å². The smallest absolute Gasteiger partial charge is 0.255 e. The molecule has 21 heavy (non-hydrogen) atoms. The van der Waals surface area contributed by atoms with E-state index in [1.165, 1.54) is 5.56 Å². The molecule has 2 aromatic rings. The summed E-state index contributed by atoms with van der Waals surface area (Å²) >= 11 is 3.53. The highest BCUT2D eigenvalue weighted by atomic mass is 79.9. The molecule has 1 fully saturated rings. The van der Waals surface area contributed by atoms with Crippen LogP contribution in [0.5, 0.6) is 0 Å². The second-order valence-electron chi connectivity index (χ2n) is 5.86. The molecule has 0 bridgehead atoms. The minimum absolute atomic E-state index is 0.0171. The van der Waals surface area contributed by atoms with Crippen molar-refractivity contribution in [3.05, 3.63) is 61.7 Å². The van der Waals surface area contributed by atoms with Crippen molar-refractivity contribution in [2.75, 3.05) is 6.54 Å². The van der Waals surface area contributed by atoms with Crippen LogP contribution in [-0.2, 0) is 18.4 Å². The van der Waals surface area contributed by atoms with Crippen molar-refractivity contribution in [1.29, 1.82) is 0 Å². The molecule has 4 rings (SSSR count). The van der Waals surface area contributed by atoms with E-state index >= 15 is 0 Å². The second-order valence-corrected chi connectivity index (χ2v) is 6.77. The Morgan fingerprint density at radius 1 is 1.29 bits per heavy atom. The van der Waals surface area contributed by atoms with Crippen LogP contribution in [0.1, 0.15) is 35.5 Å². The van der Waals surface area contributed by atoms with E-state index in [-0.39, 0.29) is 11.0 Å². The minimum atomic E-state index is -0.0944. The van der Waals surface area contributed by atoms with Crippen molar-refractivity contribution in [3.63, 3.8) is 0 Å². The Kier molecular flexibility index (Phi) is 3.01. The van der Waals surface area contributed by atoms with E-state index in [1.807, 2.05) is 12.1 Å². The number of aromatic nitrogens is 2. The fourth-order valence-corrected chi connectivity index (χ4v) is 3.55. The van der Waals surface area contributed by atoms with E-state index in [0.29, 0.717) is 6.54 Å². The molecule has 0 spiro atoms. The Bertz CT molecular complexity index is 764. The third-order valence-corrected chi connectivity index (χ3v) is 5.02. The number of hydrogen-bond donors (Lipinski definition) is 2. The van der Waals surface area contributed by atoms with Crippen LogP contribution in [0.15, 0.2) is 33.5 Å². The van der Waals surface area contributed by atoms with Gasteiger partial charge in [-0.1, -0.05) is 28.1 Å². The molecular formula is C16H16BrN3O. The zero-order valence-electron chi connectivity index (χ0n) is 11.6. The Labute approximate surface area is 131 Å². The third kappa shape index (κ3) is 2.15. The molecule has 1 aliphatic carbocycles. The lowest BCUT2D eigenvalue weighted by Gasteiger charge is -2.20. The number of nitrogens with zero attached hydrogens (tertiary/aromatic N) is 1. The van der Waals surface area contributed by atoms with E-state index in [1.54, 1.807) is 0 Å². The van der Waals surface area contributed by atoms with Gasteiger partial charge in [-0.3, -0.25) is 4.79 Å². The first-order valence-corrected chi connectivity index (χ1v) is 8.08. The summed E-state index contributed by atoms with van der Waals surface area (Å²) in [7, 11) is 0. The molecule has 0 unspecified atom stereocenters. The number of aromatic amines is 1. The van der Waals surface area contributed by atoms with E-state index in [9.17, 15) is 4.79 Å². The Hall–Kier alpha value is -1.46. The third-order valence-electron chi connectivity index (χ3n) is 4.52. The quantitative estimate of drug-likeness (QED) is 0.877. The lowest BCUT2D eigenvalue weighted by Crippen LogP contribution is -2.33. The Balaban J connectivity index is 1.83. The first kappa shape index (κ1) is 13.2. The second kappa shape index (κ2) is 4.78. The molecule has 2 N–H and O–H groups in total. The van der Waals surface area contributed by atoms with Gasteiger partial charge >= 0.3 is 0 Å². The summed E-state index contributed by atoms with van der Waals surface area (Å²) in [5, 5.41) is 3.23. The average molecular weight is 346 g/mol. The summed E-state index contributed by atoms with van der Waals surface area (Å²) < 4.78 is 1.07. The molecule has 2 heterocycles. The Morgan fingerprint density at radius 2 is 2.14 bits per heavy atom. The van der Waals surface area contributed by atoms with E-state index < -0.39 is 0 Å². The molecule has 1 aliphatic heterocycles. The van der Waals surface area contributed by atoms with Gasteiger partial charge in [-0.25, -0.2) is 4.98 Å². The highest BCUT2D eigenvalue weighted by Gasteiger charge is 2.48. The SMILES string of the molecule is O=c1[nH]c(C2(c3cccc(Br)c3)CC2)nc2c1CNCC2. The van der Waals surface area contributed by atoms with Crippen molar-refractivity contribution in [3.8, 4) is 0 Å². The molecule has 0 atom stereocenters. The van der Waals surface area contributed by atoms with Gasteiger partial charge in [-0.2, -0.15) is 0 Å². The molecular weight excluding hydrogens is 330 g/mol. The standard InChI is InChI=1S/C16H16BrN3O/c17-11-3-1-2-10(8-11)16(5-6-16)15-19-13-4-7-18-9-12(13)14(21)20-15/h1-3,8,18H,4-7,9H2,(H,19,20,21). The topological polar surface area (TPSA) is 57.8 Å². The van der Waals surface area contributed by atoms with Crippen LogP contribution in [0.2, 0.25) is 0 Å². The zero-order chi connectivity index (χ0) is 14.4. The molecule has 108 valence electrons. The van der Waals surface area contributed by atoms with Gasteiger partial charge in [-0.05, 0) is 30.5 Å². The van der Waals surface area contributed by atoms with Gasteiger partial charge in [0.2, 0.25) is 0 Å². The molecule has 0 amide bonds. The Morgan fingerprint density at radius 3 is 2.90 bits per heavy atom. The highest BCUT2D eigenvalue weighted by molar-refractivity contribution is 9.10. The normalized spacial score (nSPS) is 19.1. The van der Waals surface area contributed by atoms with Crippen molar-refractivity contribution >= 4 is 15.9 Å². The molecule has 5 heteroatoms. The van der Waals surface area contributed by atoms with Gasteiger partial charge in [0.15, 0.2) is 0 Å². The number of hydrogen-bond acceptors (Lipinski definition) is 3. The molecule has 1 saturated carbocycles. The minimum Gasteiger partial charge on any atom is -0.312 e. The lowest BCUT2D eigenvalue weighted by molar-refractivity contribution is 0.604. The van der Waals surface area contributed by atoms with Crippen molar-refractivity contribution in [2.24, 2.45) is 0 Å². The monoisotopic (exact) mass is 345 g/mol. The summed E-state index contributed by atoms with van der Waals surface area (Å²) in [5.74, 6) is 0.839.